The molecule has 4 nitrogen and oxygen atoms in total. The highest BCUT2D eigenvalue weighted by atomic mass is 16.3. The molecule has 3 atom stereocenters. The minimum absolute atomic E-state index is 0.000267. The van der Waals surface area contributed by atoms with Crippen LogP contribution < -0.4 is 10.6 Å². The maximum absolute atomic E-state index is 11.6. The molecule has 1 heterocycles. The molecule has 13 heavy (non-hydrogen) atoms. The first kappa shape index (κ1) is 10.5. The van der Waals surface area contributed by atoms with E-state index >= 15 is 0 Å². The van der Waals surface area contributed by atoms with Crippen molar-refractivity contribution < 1.29 is 9.90 Å². The van der Waals surface area contributed by atoms with Gasteiger partial charge in [-0.3, -0.25) is 4.79 Å². The van der Waals surface area contributed by atoms with E-state index in [0.717, 1.165) is 13.0 Å². The third kappa shape index (κ3) is 2.67. The summed E-state index contributed by atoms with van der Waals surface area (Å²) in [5, 5.41) is 14.8. The van der Waals surface area contributed by atoms with E-state index in [-0.39, 0.29) is 30.5 Å². The first-order valence-electron chi connectivity index (χ1n) is 4.79. The number of hydrogen-bond donors (Lipinski definition) is 3. The molecule has 0 aromatic heterocycles. The second kappa shape index (κ2) is 4.58. The molecule has 0 aromatic rings. The molecule has 0 radical (unpaired) electrons. The number of carbonyl (C=O) groups is 1. The highest BCUT2D eigenvalue weighted by molar-refractivity contribution is 5.80. The minimum Gasteiger partial charge on any atom is -0.394 e. The van der Waals surface area contributed by atoms with Crippen LogP contribution in [0.5, 0.6) is 0 Å². The molecule has 76 valence electrons. The Hall–Kier alpha value is -0.610. The summed E-state index contributed by atoms with van der Waals surface area (Å²) in [5.41, 5.74) is 0. The predicted octanol–water partition coefficient (Wildman–Crippen LogP) is -0.519. The summed E-state index contributed by atoms with van der Waals surface area (Å²) in [4.78, 5) is 11.6. The zero-order valence-corrected chi connectivity index (χ0v) is 8.21. The van der Waals surface area contributed by atoms with Gasteiger partial charge in [-0.2, -0.15) is 0 Å². The molecule has 0 saturated carbocycles. The van der Waals surface area contributed by atoms with Crippen LogP contribution in [0, 0.1) is 5.92 Å². The van der Waals surface area contributed by atoms with Gasteiger partial charge < -0.3 is 15.7 Å². The first-order chi connectivity index (χ1) is 6.15. The molecule has 1 amide bonds. The number of aliphatic hydroxyl groups excluding tert-OH is 1. The molecular formula is C9H18N2O2. The fourth-order valence-corrected chi connectivity index (χ4v) is 1.61. The average molecular weight is 186 g/mol. The second-order valence-corrected chi connectivity index (χ2v) is 3.73. The Bertz CT molecular complexity index is 184. The summed E-state index contributed by atoms with van der Waals surface area (Å²) in [7, 11) is 0. The molecule has 0 spiro atoms. The molecule has 1 rings (SSSR count). The number of hydrogen-bond acceptors (Lipinski definition) is 3. The van der Waals surface area contributed by atoms with E-state index in [1.165, 1.54) is 0 Å². The van der Waals surface area contributed by atoms with E-state index in [1.807, 2.05) is 6.92 Å². The van der Waals surface area contributed by atoms with Crippen molar-refractivity contribution >= 4 is 5.91 Å². The van der Waals surface area contributed by atoms with Gasteiger partial charge in [-0.15, -0.1) is 0 Å². The van der Waals surface area contributed by atoms with Crippen LogP contribution in [0.3, 0.4) is 0 Å². The Kier molecular flexibility index (Phi) is 3.69. The molecular weight excluding hydrogens is 168 g/mol. The van der Waals surface area contributed by atoms with Gasteiger partial charge in [0.2, 0.25) is 5.91 Å². The van der Waals surface area contributed by atoms with Crippen LogP contribution in [0.2, 0.25) is 0 Å². The minimum atomic E-state index is -0.139. The third-order valence-corrected chi connectivity index (χ3v) is 2.52. The number of amides is 1. The van der Waals surface area contributed by atoms with Crippen molar-refractivity contribution in [2.24, 2.45) is 5.92 Å². The fourth-order valence-electron chi connectivity index (χ4n) is 1.61. The van der Waals surface area contributed by atoms with Crippen molar-refractivity contribution in [3.8, 4) is 0 Å². The van der Waals surface area contributed by atoms with E-state index in [2.05, 4.69) is 10.6 Å². The fraction of sp³-hybridized carbons (Fsp3) is 0.889. The molecule has 3 unspecified atom stereocenters. The maximum Gasteiger partial charge on any atom is 0.225 e. The van der Waals surface area contributed by atoms with E-state index in [0.29, 0.717) is 0 Å². The summed E-state index contributed by atoms with van der Waals surface area (Å²) in [6.45, 7) is 4.72. The molecule has 0 aliphatic carbocycles. The Balaban J connectivity index is 2.38. The van der Waals surface area contributed by atoms with Crippen molar-refractivity contribution in [2.75, 3.05) is 13.2 Å². The summed E-state index contributed by atoms with van der Waals surface area (Å²) < 4.78 is 0. The largest absolute Gasteiger partial charge is 0.394 e. The lowest BCUT2D eigenvalue weighted by Crippen LogP contribution is -2.42. The zero-order chi connectivity index (χ0) is 9.84. The van der Waals surface area contributed by atoms with Crippen LogP contribution in [0.4, 0.5) is 0 Å². The summed E-state index contributed by atoms with van der Waals surface area (Å²) in [5.74, 6) is 0.119. The third-order valence-electron chi connectivity index (χ3n) is 2.52. The van der Waals surface area contributed by atoms with Gasteiger partial charge in [-0.05, 0) is 26.8 Å². The van der Waals surface area contributed by atoms with Crippen LogP contribution in [0.1, 0.15) is 20.3 Å². The zero-order valence-electron chi connectivity index (χ0n) is 8.21. The maximum atomic E-state index is 11.6. The monoisotopic (exact) mass is 186 g/mol. The van der Waals surface area contributed by atoms with Crippen LogP contribution in [-0.2, 0) is 4.79 Å². The molecule has 0 aromatic carbocycles. The van der Waals surface area contributed by atoms with E-state index in [4.69, 9.17) is 5.11 Å². The number of carbonyl (C=O) groups excluding carboxylic acids is 1. The number of rotatable bonds is 3. The van der Waals surface area contributed by atoms with Crippen LogP contribution >= 0.6 is 0 Å². The lowest BCUT2D eigenvalue weighted by molar-refractivity contribution is -0.126. The number of aliphatic hydroxyl groups is 1. The quantitative estimate of drug-likeness (QED) is 0.556. The Morgan fingerprint density at radius 2 is 2.46 bits per heavy atom. The molecule has 1 aliphatic rings. The lowest BCUT2D eigenvalue weighted by atomic mass is 10.0. The Labute approximate surface area is 78.7 Å². The SMILES string of the molecule is CC(CO)NC(=O)C1CCNC1C. The van der Waals surface area contributed by atoms with Gasteiger partial charge >= 0.3 is 0 Å². The topological polar surface area (TPSA) is 61.4 Å². The molecule has 1 aliphatic heterocycles. The van der Waals surface area contributed by atoms with Gasteiger partial charge in [-0.1, -0.05) is 0 Å². The van der Waals surface area contributed by atoms with E-state index in [9.17, 15) is 4.79 Å². The van der Waals surface area contributed by atoms with Gasteiger partial charge in [-0.25, -0.2) is 0 Å². The highest BCUT2D eigenvalue weighted by Gasteiger charge is 2.29. The van der Waals surface area contributed by atoms with E-state index < -0.39 is 0 Å². The van der Waals surface area contributed by atoms with Crippen molar-refractivity contribution in [3.05, 3.63) is 0 Å². The number of nitrogens with one attached hydrogen (secondary N) is 2. The van der Waals surface area contributed by atoms with Crippen molar-refractivity contribution in [2.45, 2.75) is 32.4 Å². The van der Waals surface area contributed by atoms with Gasteiger partial charge in [0.05, 0.1) is 12.5 Å². The van der Waals surface area contributed by atoms with Crippen molar-refractivity contribution in [3.63, 3.8) is 0 Å². The molecule has 4 heteroatoms. The van der Waals surface area contributed by atoms with Crippen molar-refractivity contribution in [1.82, 2.24) is 10.6 Å². The molecule has 3 N–H and O–H groups in total. The van der Waals surface area contributed by atoms with Gasteiger partial charge in [0.25, 0.3) is 0 Å². The van der Waals surface area contributed by atoms with Gasteiger partial charge in [0.15, 0.2) is 0 Å². The predicted molar refractivity (Wildman–Crippen MR) is 50.3 cm³/mol. The average Bonchev–Trinajstić information content (AvgIpc) is 2.51. The summed E-state index contributed by atoms with van der Waals surface area (Å²) in [6.07, 6.45) is 0.894. The van der Waals surface area contributed by atoms with Gasteiger partial charge in [0, 0.05) is 12.1 Å². The molecule has 0 bridgehead atoms. The summed E-state index contributed by atoms with van der Waals surface area (Å²) in [6, 6.07) is 0.117. The van der Waals surface area contributed by atoms with Crippen LogP contribution in [-0.4, -0.2) is 36.2 Å². The standard InChI is InChI=1S/C9H18N2O2/c1-6(5-12)11-9(13)8-3-4-10-7(8)2/h6-8,10,12H,3-5H2,1-2H3,(H,11,13). The lowest BCUT2D eigenvalue weighted by Gasteiger charge is -2.17. The Morgan fingerprint density at radius 3 is 2.92 bits per heavy atom. The highest BCUT2D eigenvalue weighted by Crippen LogP contribution is 2.14. The second-order valence-electron chi connectivity index (χ2n) is 3.73. The Morgan fingerprint density at radius 1 is 1.77 bits per heavy atom. The van der Waals surface area contributed by atoms with E-state index in [1.54, 1.807) is 6.92 Å². The van der Waals surface area contributed by atoms with Crippen molar-refractivity contribution in [1.29, 1.82) is 0 Å². The van der Waals surface area contributed by atoms with Crippen LogP contribution in [0.25, 0.3) is 0 Å². The smallest absolute Gasteiger partial charge is 0.225 e. The molecule has 1 saturated heterocycles. The van der Waals surface area contributed by atoms with Crippen LogP contribution in [0.15, 0.2) is 0 Å². The summed E-state index contributed by atoms with van der Waals surface area (Å²) >= 11 is 0. The van der Waals surface area contributed by atoms with Gasteiger partial charge in [0.1, 0.15) is 0 Å². The first-order valence-corrected chi connectivity index (χ1v) is 4.79. The normalized spacial score (nSPS) is 30.1. The molecule has 1 fully saturated rings.